The van der Waals surface area contributed by atoms with Crippen molar-refractivity contribution in [3.8, 4) is 5.69 Å². The number of aryl methyl sites for hydroxylation is 1. The molecule has 2 aliphatic rings. The smallest absolute Gasteiger partial charge is 0.228 e. The Labute approximate surface area is 196 Å². The first-order valence-corrected chi connectivity index (χ1v) is 11.4. The maximum absolute atomic E-state index is 13.6. The summed E-state index contributed by atoms with van der Waals surface area (Å²) < 4.78 is 15.1. The van der Waals surface area contributed by atoms with Gasteiger partial charge in [0.15, 0.2) is 5.82 Å². The highest BCUT2D eigenvalue weighted by Crippen LogP contribution is 2.27. The normalized spacial score (nSPS) is 19.1. The van der Waals surface area contributed by atoms with Crippen molar-refractivity contribution >= 4 is 17.5 Å². The summed E-state index contributed by atoms with van der Waals surface area (Å²) in [6, 6.07) is 13.9. The zero-order valence-corrected chi connectivity index (χ0v) is 19.0. The van der Waals surface area contributed by atoms with Gasteiger partial charge in [-0.3, -0.25) is 14.5 Å². The Balaban J connectivity index is 1.17. The number of aromatic nitrogens is 4. The Hall–Kier alpha value is -3.66. The van der Waals surface area contributed by atoms with Crippen LogP contribution < -0.4 is 4.90 Å². The SMILES string of the molecule is Cc1ccc(N2CC(C(=O)N3CCN(Cc4nnnn4-c4cccc(F)c4)CC3)CC2=O)cc1. The zero-order valence-electron chi connectivity index (χ0n) is 19.0. The maximum atomic E-state index is 13.6. The van der Waals surface area contributed by atoms with E-state index in [4.69, 9.17) is 0 Å². The number of anilines is 1. The van der Waals surface area contributed by atoms with Gasteiger partial charge in [-0.1, -0.05) is 23.8 Å². The number of tetrazole rings is 1. The lowest BCUT2D eigenvalue weighted by molar-refractivity contribution is -0.137. The summed E-state index contributed by atoms with van der Waals surface area (Å²) in [4.78, 5) is 31.4. The van der Waals surface area contributed by atoms with Crippen molar-refractivity contribution in [2.75, 3.05) is 37.6 Å². The predicted octanol–water partition coefficient (Wildman–Crippen LogP) is 1.81. The van der Waals surface area contributed by atoms with Crippen LogP contribution in [0.5, 0.6) is 0 Å². The van der Waals surface area contributed by atoms with Gasteiger partial charge < -0.3 is 9.80 Å². The van der Waals surface area contributed by atoms with E-state index in [0.29, 0.717) is 50.8 Å². The number of rotatable bonds is 5. The third-order valence-electron chi connectivity index (χ3n) is 6.46. The van der Waals surface area contributed by atoms with E-state index in [1.54, 1.807) is 17.0 Å². The molecule has 176 valence electrons. The van der Waals surface area contributed by atoms with Crippen molar-refractivity contribution in [2.45, 2.75) is 19.9 Å². The Morgan fingerprint density at radius 2 is 1.82 bits per heavy atom. The third-order valence-corrected chi connectivity index (χ3v) is 6.46. The zero-order chi connectivity index (χ0) is 23.7. The maximum Gasteiger partial charge on any atom is 0.228 e. The van der Waals surface area contributed by atoms with Crippen molar-refractivity contribution in [3.05, 3.63) is 65.7 Å². The Kier molecular flexibility index (Phi) is 6.06. The van der Waals surface area contributed by atoms with E-state index in [0.717, 1.165) is 11.3 Å². The van der Waals surface area contributed by atoms with Gasteiger partial charge in [0, 0.05) is 44.8 Å². The molecule has 0 aliphatic carbocycles. The number of hydrogen-bond donors (Lipinski definition) is 0. The molecular weight excluding hydrogens is 437 g/mol. The van der Waals surface area contributed by atoms with Crippen LogP contribution in [0.25, 0.3) is 5.69 Å². The molecule has 0 N–H and O–H groups in total. The van der Waals surface area contributed by atoms with Gasteiger partial charge >= 0.3 is 0 Å². The van der Waals surface area contributed by atoms with Crippen molar-refractivity contribution < 1.29 is 14.0 Å². The monoisotopic (exact) mass is 463 g/mol. The van der Waals surface area contributed by atoms with Gasteiger partial charge in [-0.15, -0.1) is 5.10 Å². The molecule has 0 spiro atoms. The first kappa shape index (κ1) is 22.1. The molecule has 3 aromatic rings. The first-order chi connectivity index (χ1) is 16.5. The van der Waals surface area contributed by atoms with Crippen molar-refractivity contribution in [2.24, 2.45) is 5.92 Å². The van der Waals surface area contributed by atoms with Crippen LogP contribution in [0.4, 0.5) is 10.1 Å². The fraction of sp³-hybridized carbons (Fsp3) is 0.375. The van der Waals surface area contributed by atoms with Gasteiger partial charge in [0.1, 0.15) is 5.82 Å². The molecule has 9 nitrogen and oxygen atoms in total. The van der Waals surface area contributed by atoms with Crippen molar-refractivity contribution in [1.29, 1.82) is 0 Å². The van der Waals surface area contributed by atoms with E-state index in [9.17, 15) is 14.0 Å². The van der Waals surface area contributed by atoms with Crippen LogP contribution in [0.1, 0.15) is 17.8 Å². The quantitative estimate of drug-likeness (QED) is 0.574. The number of hydrogen-bond acceptors (Lipinski definition) is 6. The van der Waals surface area contributed by atoms with Crippen LogP contribution in [0, 0.1) is 18.7 Å². The molecule has 2 amide bonds. The molecule has 2 aromatic carbocycles. The van der Waals surface area contributed by atoms with E-state index >= 15 is 0 Å². The number of amides is 2. The molecule has 1 atom stereocenters. The van der Waals surface area contributed by atoms with E-state index < -0.39 is 0 Å². The summed E-state index contributed by atoms with van der Waals surface area (Å²) in [6.07, 6.45) is 0.245. The van der Waals surface area contributed by atoms with Crippen molar-refractivity contribution in [1.82, 2.24) is 30.0 Å². The number of carbonyl (C=O) groups excluding carboxylic acids is 2. The van der Waals surface area contributed by atoms with Gasteiger partial charge in [-0.05, 0) is 47.7 Å². The highest BCUT2D eigenvalue weighted by Gasteiger charge is 2.38. The second-order valence-corrected chi connectivity index (χ2v) is 8.83. The largest absolute Gasteiger partial charge is 0.340 e. The molecule has 34 heavy (non-hydrogen) atoms. The summed E-state index contributed by atoms with van der Waals surface area (Å²) in [5.41, 5.74) is 2.54. The van der Waals surface area contributed by atoms with Crippen LogP contribution in [0.15, 0.2) is 48.5 Å². The van der Waals surface area contributed by atoms with Crippen LogP contribution in [0.3, 0.4) is 0 Å². The number of nitrogens with zero attached hydrogens (tertiary/aromatic N) is 7. The van der Waals surface area contributed by atoms with E-state index in [-0.39, 0.29) is 30.0 Å². The minimum atomic E-state index is -0.350. The third kappa shape index (κ3) is 4.54. The van der Waals surface area contributed by atoms with E-state index in [2.05, 4.69) is 20.4 Å². The second-order valence-electron chi connectivity index (χ2n) is 8.83. The minimum absolute atomic E-state index is 0.00924. The summed E-state index contributed by atoms with van der Waals surface area (Å²) in [7, 11) is 0. The average molecular weight is 464 g/mol. The number of benzene rings is 2. The molecule has 5 rings (SSSR count). The molecule has 1 unspecified atom stereocenters. The van der Waals surface area contributed by atoms with Crippen LogP contribution >= 0.6 is 0 Å². The van der Waals surface area contributed by atoms with Gasteiger partial charge in [0.05, 0.1) is 18.2 Å². The lowest BCUT2D eigenvalue weighted by atomic mass is 10.1. The molecule has 1 aromatic heterocycles. The standard InChI is InChI=1S/C24H26FN7O2/c1-17-5-7-20(8-6-17)31-15-18(13-23(31)33)24(34)30-11-9-29(10-12-30)16-22-26-27-28-32(22)21-4-2-3-19(25)14-21/h2-8,14,18H,9-13,15-16H2,1H3. The van der Waals surface area contributed by atoms with E-state index in [1.807, 2.05) is 36.1 Å². The summed E-state index contributed by atoms with van der Waals surface area (Å²) in [5.74, 6) is -0.0317. The predicted molar refractivity (Wildman–Crippen MR) is 123 cm³/mol. The minimum Gasteiger partial charge on any atom is -0.340 e. The van der Waals surface area contributed by atoms with Gasteiger partial charge in [0.2, 0.25) is 11.8 Å². The Bertz CT molecular complexity index is 1190. The van der Waals surface area contributed by atoms with Crippen LogP contribution in [-0.2, 0) is 16.1 Å². The molecule has 0 radical (unpaired) electrons. The first-order valence-electron chi connectivity index (χ1n) is 11.4. The molecule has 10 heteroatoms. The lowest BCUT2D eigenvalue weighted by Gasteiger charge is -2.35. The van der Waals surface area contributed by atoms with Crippen molar-refractivity contribution in [3.63, 3.8) is 0 Å². The molecular formula is C24H26FN7O2. The highest BCUT2D eigenvalue weighted by molar-refractivity contribution is 6.00. The molecule has 3 heterocycles. The lowest BCUT2D eigenvalue weighted by Crippen LogP contribution is -2.50. The van der Waals surface area contributed by atoms with Gasteiger partial charge in [-0.25, -0.2) is 4.39 Å². The average Bonchev–Trinajstić information content (AvgIpc) is 3.46. The molecule has 2 fully saturated rings. The Morgan fingerprint density at radius 1 is 1.06 bits per heavy atom. The topological polar surface area (TPSA) is 87.5 Å². The second kappa shape index (κ2) is 9.30. The van der Waals surface area contributed by atoms with Crippen LogP contribution in [-0.4, -0.2) is 74.5 Å². The highest BCUT2D eigenvalue weighted by atomic mass is 19.1. The number of halogens is 1. The fourth-order valence-electron chi connectivity index (χ4n) is 4.54. The molecule has 2 saturated heterocycles. The number of piperazine rings is 1. The number of carbonyl (C=O) groups is 2. The van der Waals surface area contributed by atoms with Gasteiger partial charge in [0.25, 0.3) is 0 Å². The molecule has 0 saturated carbocycles. The fourth-order valence-corrected chi connectivity index (χ4v) is 4.54. The Morgan fingerprint density at radius 3 is 2.56 bits per heavy atom. The molecule has 2 aliphatic heterocycles. The van der Waals surface area contributed by atoms with Gasteiger partial charge in [-0.2, -0.15) is 4.68 Å². The summed E-state index contributed by atoms with van der Waals surface area (Å²) in [6.45, 7) is 5.42. The molecule has 0 bridgehead atoms. The van der Waals surface area contributed by atoms with E-state index in [1.165, 1.54) is 16.8 Å². The summed E-state index contributed by atoms with van der Waals surface area (Å²) >= 11 is 0. The summed E-state index contributed by atoms with van der Waals surface area (Å²) in [5, 5.41) is 11.8. The van der Waals surface area contributed by atoms with Crippen LogP contribution in [0.2, 0.25) is 0 Å².